The van der Waals surface area contributed by atoms with Crippen molar-refractivity contribution in [2.24, 2.45) is 0 Å². The van der Waals surface area contributed by atoms with Gasteiger partial charge in [0.2, 0.25) is 20.0 Å². The molecular weight excluding hydrogens is 565 g/mol. The van der Waals surface area contributed by atoms with Crippen LogP contribution in [-0.4, -0.2) is 45.2 Å². The number of carbonyl (C=O) groups excluding carboxylic acids is 1. The minimum atomic E-state index is -4.00. The van der Waals surface area contributed by atoms with Crippen LogP contribution in [0.4, 0.5) is 10.8 Å². The lowest BCUT2D eigenvalue weighted by Crippen LogP contribution is -2.35. The van der Waals surface area contributed by atoms with Gasteiger partial charge in [-0.25, -0.2) is 21.8 Å². The molecule has 38 heavy (non-hydrogen) atoms. The summed E-state index contributed by atoms with van der Waals surface area (Å²) >= 11 is 2.81. The lowest BCUT2D eigenvalue weighted by molar-refractivity contribution is 0.102. The highest BCUT2D eigenvalue weighted by molar-refractivity contribution is 8.09. The Morgan fingerprint density at radius 2 is 1.47 bits per heavy atom. The van der Waals surface area contributed by atoms with Gasteiger partial charge in [0.15, 0.2) is 5.13 Å². The van der Waals surface area contributed by atoms with Crippen LogP contribution >= 0.6 is 23.1 Å². The minimum Gasteiger partial charge on any atom is -0.298 e. The van der Waals surface area contributed by atoms with Gasteiger partial charge in [-0.05, 0) is 73.5 Å². The number of pyridine rings is 1. The molecule has 1 N–H and O–H groups in total. The maximum absolute atomic E-state index is 12.4. The van der Waals surface area contributed by atoms with E-state index in [2.05, 4.69) is 15.3 Å². The third-order valence-electron chi connectivity index (χ3n) is 5.32. The summed E-state index contributed by atoms with van der Waals surface area (Å²) in [7, 11) is -8.00. The Morgan fingerprint density at radius 3 is 2.03 bits per heavy atom. The Hall–Kier alpha value is -3.26. The molecule has 0 bridgehead atoms. The molecular formula is C25H24N4O5S4. The van der Waals surface area contributed by atoms with Crippen molar-refractivity contribution in [1.29, 1.82) is 0 Å². The highest BCUT2D eigenvalue weighted by atomic mass is 32.3. The van der Waals surface area contributed by atoms with Crippen LogP contribution in [0.15, 0.2) is 76.1 Å². The number of aromatic nitrogens is 2. The molecule has 4 rings (SSSR count). The quantitative estimate of drug-likeness (QED) is 0.306. The van der Waals surface area contributed by atoms with Gasteiger partial charge in [-0.3, -0.25) is 15.1 Å². The van der Waals surface area contributed by atoms with Crippen LogP contribution in [0.2, 0.25) is 0 Å². The maximum atomic E-state index is 12.4. The fraction of sp³-hybridized carbons (Fsp3) is 0.160. The zero-order chi connectivity index (χ0) is 27.7. The Kier molecular flexibility index (Phi) is 7.93. The van der Waals surface area contributed by atoms with Gasteiger partial charge in [0.05, 0.1) is 23.9 Å². The molecule has 0 fully saturated rings. The van der Waals surface area contributed by atoms with Gasteiger partial charge in [-0.15, -0.1) is 11.3 Å². The van der Waals surface area contributed by atoms with E-state index in [4.69, 9.17) is 0 Å². The molecule has 0 unspecified atom stereocenters. The first kappa shape index (κ1) is 27.8. The average molecular weight is 589 g/mol. The fourth-order valence-corrected chi connectivity index (χ4v) is 8.60. The normalized spacial score (nSPS) is 11.8. The summed E-state index contributed by atoms with van der Waals surface area (Å²) < 4.78 is 48.5. The van der Waals surface area contributed by atoms with Crippen LogP contribution in [0.5, 0.6) is 0 Å². The second kappa shape index (κ2) is 10.8. The number of thiazole rings is 1. The maximum Gasteiger partial charge on any atom is 0.257 e. The number of carbonyl (C=O) groups is 1. The summed E-state index contributed by atoms with van der Waals surface area (Å²) in [5.41, 5.74) is 4.29. The van der Waals surface area contributed by atoms with Gasteiger partial charge in [0.25, 0.3) is 5.91 Å². The third kappa shape index (κ3) is 6.41. The van der Waals surface area contributed by atoms with Crippen LogP contribution < -0.4 is 9.03 Å². The number of nitrogens with one attached hydrogen (secondary N) is 1. The van der Waals surface area contributed by atoms with Gasteiger partial charge in [-0.1, -0.05) is 11.8 Å². The number of rotatable bonds is 8. The van der Waals surface area contributed by atoms with Crippen LogP contribution in [-0.2, 0) is 20.0 Å². The van der Waals surface area contributed by atoms with Crippen LogP contribution in [0.25, 0.3) is 11.3 Å². The first-order valence-electron chi connectivity index (χ1n) is 11.1. The molecule has 0 aliphatic heterocycles. The van der Waals surface area contributed by atoms with Crippen molar-refractivity contribution in [1.82, 2.24) is 9.97 Å². The number of benzene rings is 2. The smallest absolute Gasteiger partial charge is 0.257 e. The van der Waals surface area contributed by atoms with Crippen molar-refractivity contribution >= 4 is 59.9 Å². The van der Waals surface area contributed by atoms with Crippen LogP contribution in [0.1, 0.15) is 21.5 Å². The average Bonchev–Trinajstić information content (AvgIpc) is 3.26. The van der Waals surface area contributed by atoms with Crippen molar-refractivity contribution in [3.8, 4) is 11.3 Å². The van der Waals surface area contributed by atoms with Crippen molar-refractivity contribution in [2.75, 3.05) is 21.5 Å². The molecule has 0 aliphatic carbocycles. The molecule has 13 heteroatoms. The van der Waals surface area contributed by atoms with E-state index in [1.165, 1.54) is 35.2 Å². The van der Waals surface area contributed by atoms with Crippen molar-refractivity contribution < 1.29 is 21.6 Å². The summed E-state index contributed by atoms with van der Waals surface area (Å²) in [6, 6.07) is 13.6. The largest absolute Gasteiger partial charge is 0.298 e. The standard InChI is InChI=1S/C25H24N4O5S4/c1-16-13-21(36-20-7-5-19(6-8-20)29(37(3,31)32)38(4,33)34)14-17(2)23(16)22-15-35-25(27-22)28-24(30)18-9-11-26-12-10-18/h5-15H,1-4H3,(H,27,28,30). The predicted octanol–water partition coefficient (Wildman–Crippen LogP) is 4.95. The van der Waals surface area contributed by atoms with Crippen molar-refractivity contribution in [2.45, 2.75) is 23.6 Å². The lowest BCUT2D eigenvalue weighted by Gasteiger charge is -2.19. The first-order valence-corrected chi connectivity index (χ1v) is 16.5. The van der Waals surface area contributed by atoms with Crippen LogP contribution in [0.3, 0.4) is 0 Å². The fourth-order valence-electron chi connectivity index (χ4n) is 3.91. The summed E-state index contributed by atoms with van der Waals surface area (Å²) in [6.07, 6.45) is 4.82. The minimum absolute atomic E-state index is 0.0532. The zero-order valence-electron chi connectivity index (χ0n) is 20.9. The number of aryl methyl sites for hydroxylation is 2. The molecule has 0 atom stereocenters. The molecule has 198 valence electrons. The van der Waals surface area contributed by atoms with E-state index < -0.39 is 20.0 Å². The molecule has 0 aliphatic rings. The molecule has 1 amide bonds. The molecule has 2 aromatic carbocycles. The van der Waals surface area contributed by atoms with E-state index in [0.717, 1.165) is 44.7 Å². The summed E-state index contributed by atoms with van der Waals surface area (Å²) in [5, 5.41) is 5.22. The van der Waals surface area contributed by atoms with E-state index in [9.17, 15) is 21.6 Å². The van der Waals surface area contributed by atoms with E-state index in [-0.39, 0.29) is 11.6 Å². The molecule has 0 saturated heterocycles. The second-order valence-electron chi connectivity index (χ2n) is 8.48. The topological polar surface area (TPSA) is 126 Å². The number of anilines is 2. The van der Waals surface area contributed by atoms with Crippen molar-refractivity contribution in [3.05, 3.63) is 83.0 Å². The zero-order valence-corrected chi connectivity index (χ0v) is 24.1. The number of sulfonamides is 2. The highest BCUT2D eigenvalue weighted by Crippen LogP contribution is 2.36. The molecule has 2 heterocycles. The number of nitrogens with zero attached hydrogens (tertiary/aromatic N) is 3. The van der Waals surface area contributed by atoms with E-state index in [0.29, 0.717) is 14.4 Å². The van der Waals surface area contributed by atoms with Gasteiger partial charge < -0.3 is 0 Å². The Bertz CT molecular complexity index is 1650. The van der Waals surface area contributed by atoms with Gasteiger partial charge >= 0.3 is 0 Å². The van der Waals surface area contributed by atoms with Crippen LogP contribution in [0, 0.1) is 13.8 Å². The highest BCUT2D eigenvalue weighted by Gasteiger charge is 2.27. The molecule has 0 saturated carbocycles. The molecule has 9 nitrogen and oxygen atoms in total. The monoisotopic (exact) mass is 588 g/mol. The second-order valence-corrected chi connectivity index (χ2v) is 14.4. The van der Waals surface area contributed by atoms with E-state index in [1.54, 1.807) is 36.7 Å². The predicted molar refractivity (Wildman–Crippen MR) is 152 cm³/mol. The number of amides is 1. The van der Waals surface area contributed by atoms with Gasteiger partial charge in [-0.2, -0.15) is 3.71 Å². The molecule has 2 aromatic heterocycles. The Balaban J connectivity index is 1.52. The van der Waals surface area contributed by atoms with Gasteiger partial charge in [0.1, 0.15) is 0 Å². The number of hydrogen-bond donors (Lipinski definition) is 1. The van der Waals surface area contributed by atoms with Crippen molar-refractivity contribution in [3.63, 3.8) is 0 Å². The molecule has 0 spiro atoms. The lowest BCUT2D eigenvalue weighted by atomic mass is 10.0. The van der Waals surface area contributed by atoms with Gasteiger partial charge in [0, 0.05) is 38.7 Å². The summed E-state index contributed by atoms with van der Waals surface area (Å²) in [5.74, 6) is -0.254. The first-order chi connectivity index (χ1) is 17.8. The third-order valence-corrected chi connectivity index (χ3v) is 10.3. The van der Waals surface area contributed by atoms with E-state index in [1.807, 2.05) is 31.4 Å². The molecule has 4 aromatic rings. The summed E-state index contributed by atoms with van der Waals surface area (Å²) in [4.78, 5) is 22.7. The SMILES string of the molecule is Cc1cc(Sc2ccc(N(S(C)(=O)=O)S(C)(=O)=O)cc2)cc(C)c1-c1csc(NC(=O)c2ccncc2)n1. The number of hydrogen-bond acceptors (Lipinski definition) is 9. The Labute approximate surface area is 230 Å². The van der Waals surface area contributed by atoms with E-state index >= 15 is 0 Å². The Morgan fingerprint density at radius 1 is 0.895 bits per heavy atom. The summed E-state index contributed by atoms with van der Waals surface area (Å²) in [6.45, 7) is 3.97. The molecule has 0 radical (unpaired) electrons.